The lowest BCUT2D eigenvalue weighted by Crippen LogP contribution is -2.20. The minimum Gasteiger partial charge on any atom is -0.490 e. The quantitative estimate of drug-likeness (QED) is 0.374. The smallest absolute Gasteiger partial charge is 0.275 e. The number of carbonyl (C=O) groups is 1. The van der Waals surface area contributed by atoms with Crippen LogP contribution < -0.4 is 14.9 Å². The van der Waals surface area contributed by atoms with Crippen molar-refractivity contribution in [2.45, 2.75) is 6.92 Å². The molecule has 0 radical (unpaired) electrons. The summed E-state index contributed by atoms with van der Waals surface area (Å²) in [5.41, 5.74) is 3.49. The highest BCUT2D eigenvalue weighted by Crippen LogP contribution is 2.18. The van der Waals surface area contributed by atoms with Gasteiger partial charge in [0.1, 0.15) is 36.2 Å². The van der Waals surface area contributed by atoms with E-state index in [1.165, 1.54) is 0 Å². The average Bonchev–Trinajstić information content (AvgIpc) is 3.25. The van der Waals surface area contributed by atoms with E-state index in [2.05, 4.69) is 10.5 Å². The number of nitrogens with zero attached hydrogens (tertiary/aromatic N) is 1. The van der Waals surface area contributed by atoms with Gasteiger partial charge in [-0.25, -0.2) is 5.43 Å². The molecule has 0 aliphatic carbocycles. The second-order valence-electron chi connectivity index (χ2n) is 5.62. The van der Waals surface area contributed by atoms with Crippen molar-refractivity contribution in [3.8, 4) is 11.5 Å². The van der Waals surface area contributed by atoms with Crippen molar-refractivity contribution in [3.05, 3.63) is 84.3 Å². The van der Waals surface area contributed by atoms with Crippen molar-refractivity contribution < 1.29 is 18.7 Å². The summed E-state index contributed by atoms with van der Waals surface area (Å²) in [6.07, 6.45) is 1.55. The Morgan fingerprint density at radius 2 is 1.70 bits per heavy atom. The number of para-hydroxylation sites is 2. The molecule has 0 bridgehead atoms. The van der Waals surface area contributed by atoms with E-state index in [1.54, 1.807) is 43.5 Å². The maximum atomic E-state index is 12.4. The second-order valence-corrected chi connectivity index (χ2v) is 5.62. The maximum Gasteiger partial charge on any atom is 0.275 e. The van der Waals surface area contributed by atoms with Gasteiger partial charge in [0, 0.05) is 0 Å². The van der Waals surface area contributed by atoms with Crippen LogP contribution in [-0.2, 0) is 0 Å². The number of nitrogens with one attached hydrogen (secondary N) is 1. The molecule has 6 heteroatoms. The summed E-state index contributed by atoms with van der Waals surface area (Å²) in [4.78, 5) is 12.4. The number of amides is 1. The zero-order valence-corrected chi connectivity index (χ0v) is 14.9. The summed E-state index contributed by atoms with van der Waals surface area (Å²) < 4.78 is 16.5. The van der Waals surface area contributed by atoms with Crippen LogP contribution in [0.4, 0.5) is 0 Å². The Bertz CT molecular complexity index is 890. The molecule has 1 heterocycles. The minimum atomic E-state index is -0.361. The highest BCUT2D eigenvalue weighted by Gasteiger charge is 2.12. The van der Waals surface area contributed by atoms with Crippen LogP contribution in [0.15, 0.2) is 82.5 Å². The van der Waals surface area contributed by atoms with Gasteiger partial charge < -0.3 is 13.9 Å². The third-order valence-electron chi connectivity index (χ3n) is 3.69. The molecule has 1 aromatic heterocycles. The molecule has 0 aliphatic heterocycles. The first-order chi connectivity index (χ1) is 13.2. The molecule has 138 valence electrons. The highest BCUT2D eigenvalue weighted by molar-refractivity contribution is 6.00. The van der Waals surface area contributed by atoms with Gasteiger partial charge in [-0.1, -0.05) is 30.3 Å². The zero-order valence-electron chi connectivity index (χ0n) is 14.9. The fourth-order valence-corrected chi connectivity index (χ4v) is 2.34. The number of hydrogen-bond donors (Lipinski definition) is 1. The van der Waals surface area contributed by atoms with Gasteiger partial charge in [-0.3, -0.25) is 4.79 Å². The molecule has 3 aromatic rings. The van der Waals surface area contributed by atoms with Crippen LogP contribution >= 0.6 is 0 Å². The van der Waals surface area contributed by atoms with Crippen LogP contribution in [0.1, 0.15) is 23.0 Å². The molecule has 0 fully saturated rings. The summed E-state index contributed by atoms with van der Waals surface area (Å²) in [6.45, 7) is 2.44. The average molecular weight is 364 g/mol. The van der Waals surface area contributed by atoms with Gasteiger partial charge in [0.05, 0.1) is 11.8 Å². The van der Waals surface area contributed by atoms with E-state index >= 15 is 0 Å². The van der Waals surface area contributed by atoms with E-state index in [9.17, 15) is 4.79 Å². The van der Waals surface area contributed by atoms with E-state index in [0.717, 1.165) is 5.75 Å². The minimum absolute atomic E-state index is 0.313. The SMILES string of the molecule is CC(=NNC(=O)c1ccccc1OCCOc1ccccc1)c1ccco1. The Morgan fingerprint density at radius 1 is 0.963 bits per heavy atom. The summed E-state index contributed by atoms with van der Waals surface area (Å²) in [7, 11) is 0. The molecule has 0 spiro atoms. The number of rotatable bonds is 8. The van der Waals surface area contributed by atoms with Gasteiger partial charge in [0.25, 0.3) is 5.91 Å². The Labute approximate surface area is 157 Å². The van der Waals surface area contributed by atoms with Crippen LogP contribution in [0.5, 0.6) is 11.5 Å². The molecular weight excluding hydrogens is 344 g/mol. The van der Waals surface area contributed by atoms with E-state index in [1.807, 2.05) is 36.4 Å². The third kappa shape index (κ3) is 5.22. The Balaban J connectivity index is 1.56. The third-order valence-corrected chi connectivity index (χ3v) is 3.69. The van der Waals surface area contributed by atoms with Gasteiger partial charge in [-0.15, -0.1) is 0 Å². The van der Waals surface area contributed by atoms with Crippen molar-refractivity contribution in [2.24, 2.45) is 5.10 Å². The molecule has 2 aromatic carbocycles. The van der Waals surface area contributed by atoms with Gasteiger partial charge >= 0.3 is 0 Å². The fourth-order valence-electron chi connectivity index (χ4n) is 2.34. The van der Waals surface area contributed by atoms with Crippen LogP contribution in [0.25, 0.3) is 0 Å². The van der Waals surface area contributed by atoms with E-state index in [0.29, 0.717) is 36.0 Å². The number of hydrogen-bond acceptors (Lipinski definition) is 5. The molecule has 0 saturated carbocycles. The first-order valence-electron chi connectivity index (χ1n) is 8.52. The van der Waals surface area contributed by atoms with Crippen LogP contribution in [0, 0.1) is 0 Å². The van der Waals surface area contributed by atoms with Crippen molar-refractivity contribution in [2.75, 3.05) is 13.2 Å². The molecule has 6 nitrogen and oxygen atoms in total. The molecule has 0 saturated heterocycles. The van der Waals surface area contributed by atoms with E-state index in [-0.39, 0.29) is 5.91 Å². The first kappa shape index (κ1) is 18.3. The second kappa shape index (κ2) is 9.24. The molecule has 1 N–H and O–H groups in total. The van der Waals surface area contributed by atoms with Gasteiger partial charge in [0.2, 0.25) is 0 Å². The number of furan rings is 1. The van der Waals surface area contributed by atoms with Crippen molar-refractivity contribution in [1.82, 2.24) is 5.43 Å². The normalized spacial score (nSPS) is 11.1. The van der Waals surface area contributed by atoms with Gasteiger partial charge in [-0.2, -0.15) is 5.10 Å². The van der Waals surface area contributed by atoms with Gasteiger partial charge in [0.15, 0.2) is 0 Å². The Kier molecular flexibility index (Phi) is 6.25. The Morgan fingerprint density at radius 3 is 2.48 bits per heavy atom. The number of hydrazone groups is 1. The van der Waals surface area contributed by atoms with E-state index < -0.39 is 0 Å². The molecule has 1 amide bonds. The van der Waals surface area contributed by atoms with Crippen molar-refractivity contribution >= 4 is 11.6 Å². The summed E-state index contributed by atoms with van der Waals surface area (Å²) in [5.74, 6) is 1.48. The largest absolute Gasteiger partial charge is 0.490 e. The predicted molar refractivity (Wildman–Crippen MR) is 102 cm³/mol. The number of benzene rings is 2. The zero-order chi connectivity index (χ0) is 18.9. The number of carbonyl (C=O) groups excluding carboxylic acids is 1. The molecule has 3 rings (SSSR count). The highest BCUT2D eigenvalue weighted by atomic mass is 16.5. The number of ether oxygens (including phenoxy) is 2. The molecular formula is C21H20N2O4. The predicted octanol–water partition coefficient (Wildman–Crippen LogP) is 3.89. The molecule has 0 atom stereocenters. The lowest BCUT2D eigenvalue weighted by atomic mass is 10.2. The van der Waals surface area contributed by atoms with Gasteiger partial charge in [-0.05, 0) is 43.3 Å². The van der Waals surface area contributed by atoms with E-state index in [4.69, 9.17) is 13.9 Å². The topological polar surface area (TPSA) is 73.1 Å². The van der Waals surface area contributed by atoms with Crippen molar-refractivity contribution in [3.63, 3.8) is 0 Å². The summed E-state index contributed by atoms with van der Waals surface area (Å²) >= 11 is 0. The molecule has 27 heavy (non-hydrogen) atoms. The lowest BCUT2D eigenvalue weighted by molar-refractivity contribution is 0.0949. The maximum absolute atomic E-state index is 12.4. The Hall–Kier alpha value is -3.54. The van der Waals surface area contributed by atoms with Crippen molar-refractivity contribution in [1.29, 1.82) is 0 Å². The summed E-state index contributed by atoms with van der Waals surface area (Å²) in [5, 5.41) is 4.06. The standard InChI is InChI=1S/C21H20N2O4/c1-16(19-12-7-13-26-19)22-23-21(24)18-10-5-6-11-20(18)27-15-14-25-17-8-3-2-4-9-17/h2-13H,14-15H2,1H3,(H,23,24). The summed E-state index contributed by atoms with van der Waals surface area (Å²) in [6, 6.07) is 20.0. The van der Waals surface area contributed by atoms with Crippen LogP contribution in [0.3, 0.4) is 0 Å². The monoisotopic (exact) mass is 364 g/mol. The fraction of sp³-hybridized carbons (Fsp3) is 0.143. The van der Waals surface area contributed by atoms with Crippen LogP contribution in [-0.4, -0.2) is 24.8 Å². The van der Waals surface area contributed by atoms with Crippen LogP contribution in [0.2, 0.25) is 0 Å². The molecule has 0 aliphatic rings. The molecule has 0 unspecified atom stereocenters. The first-order valence-corrected chi connectivity index (χ1v) is 8.52. The lowest BCUT2D eigenvalue weighted by Gasteiger charge is -2.11.